The normalized spacial score (nSPS) is 12.4. The first-order valence-corrected chi connectivity index (χ1v) is 10.4. The van der Waals surface area contributed by atoms with Gasteiger partial charge in [0.1, 0.15) is 23.1 Å². The van der Waals surface area contributed by atoms with Crippen molar-refractivity contribution in [2.24, 2.45) is 5.73 Å². The molecule has 7 nitrogen and oxygen atoms in total. The van der Waals surface area contributed by atoms with Crippen molar-refractivity contribution in [1.29, 1.82) is 0 Å². The van der Waals surface area contributed by atoms with Crippen LogP contribution in [0.15, 0.2) is 36.7 Å². The van der Waals surface area contributed by atoms with Crippen LogP contribution in [-0.2, 0) is 0 Å². The Labute approximate surface area is 184 Å². The van der Waals surface area contributed by atoms with Crippen LogP contribution < -0.4 is 10.5 Å². The van der Waals surface area contributed by atoms with E-state index in [2.05, 4.69) is 15.2 Å². The lowest BCUT2D eigenvalue weighted by molar-refractivity contribution is 0.206. The van der Waals surface area contributed by atoms with Gasteiger partial charge in [-0.3, -0.25) is 0 Å². The molecule has 4 aromatic rings. The Morgan fingerprint density at radius 3 is 2.69 bits per heavy atom. The van der Waals surface area contributed by atoms with Gasteiger partial charge in [0.05, 0.1) is 27.7 Å². The number of ether oxygens (including phenoxy) is 1. The summed E-state index contributed by atoms with van der Waals surface area (Å²) in [6.07, 6.45) is 3.69. The number of imidazole rings is 1. The van der Waals surface area contributed by atoms with E-state index in [4.69, 9.17) is 50.4 Å². The van der Waals surface area contributed by atoms with E-state index >= 15 is 0 Å². The minimum atomic E-state index is -0.505. The van der Waals surface area contributed by atoms with Crippen molar-refractivity contribution in [1.82, 2.24) is 19.6 Å². The third-order valence-electron chi connectivity index (χ3n) is 4.02. The van der Waals surface area contributed by atoms with Crippen LogP contribution in [-0.4, -0.2) is 43.9 Å². The van der Waals surface area contributed by atoms with Crippen molar-refractivity contribution >= 4 is 51.8 Å². The number of nitrogens with zero attached hydrogens (tertiary/aromatic N) is 4. The first-order valence-electron chi connectivity index (χ1n) is 8.42. The van der Waals surface area contributed by atoms with Crippen molar-refractivity contribution in [2.45, 2.75) is 6.04 Å². The maximum absolute atomic E-state index is 9.00. The Hall–Kier alpha value is -1.94. The zero-order valence-corrected chi connectivity index (χ0v) is 17.8. The summed E-state index contributed by atoms with van der Waals surface area (Å²) in [5.41, 5.74) is 7.57. The average molecular weight is 471 g/mol. The second kappa shape index (κ2) is 8.43. The molecular weight excluding hydrogens is 457 g/mol. The van der Waals surface area contributed by atoms with Gasteiger partial charge in [-0.05, 0) is 18.2 Å². The Morgan fingerprint density at radius 2 is 1.93 bits per heavy atom. The van der Waals surface area contributed by atoms with Gasteiger partial charge >= 0.3 is 0 Å². The van der Waals surface area contributed by atoms with Crippen LogP contribution in [0.4, 0.5) is 0 Å². The highest BCUT2D eigenvalue weighted by Crippen LogP contribution is 2.39. The summed E-state index contributed by atoms with van der Waals surface area (Å²) in [4.78, 5) is 4.52. The second-order valence-corrected chi connectivity index (χ2v) is 8.34. The lowest BCUT2D eigenvalue weighted by Crippen LogP contribution is -2.31. The highest BCUT2D eigenvalue weighted by Gasteiger charge is 2.17. The monoisotopic (exact) mass is 469 g/mol. The Morgan fingerprint density at radius 1 is 1.14 bits per heavy atom. The standard InChI is InChI=1S/C18H14Cl3N5O2S/c19-11-2-1-3-26-6-14(23-16(11)26)18-25-24-17(29-18)10-4-13(21)15(5-12(10)20)28-8-9(22)7-27/h1-6,9,27H,7-8,22H2. The van der Waals surface area contributed by atoms with E-state index in [-0.39, 0.29) is 13.2 Å². The predicted octanol–water partition coefficient (Wildman–Crippen LogP) is 4.18. The molecule has 1 aromatic carbocycles. The van der Waals surface area contributed by atoms with Gasteiger partial charge in [-0.1, -0.05) is 46.1 Å². The SMILES string of the molecule is NC(CO)COc1cc(Cl)c(-c2nnc(-c3cn4cccc(Cl)c4n3)s2)cc1Cl. The summed E-state index contributed by atoms with van der Waals surface area (Å²) >= 11 is 20.2. The third kappa shape index (κ3) is 4.18. The van der Waals surface area contributed by atoms with E-state index in [0.29, 0.717) is 47.7 Å². The molecular formula is C18H14Cl3N5O2S. The van der Waals surface area contributed by atoms with Gasteiger partial charge in [0.15, 0.2) is 10.7 Å². The summed E-state index contributed by atoms with van der Waals surface area (Å²) in [6, 6.07) is 6.36. The largest absolute Gasteiger partial charge is 0.490 e. The molecule has 0 bridgehead atoms. The number of halogens is 3. The summed E-state index contributed by atoms with van der Waals surface area (Å²) in [5, 5.41) is 20.0. The van der Waals surface area contributed by atoms with Crippen LogP contribution in [0.1, 0.15) is 0 Å². The molecule has 1 atom stereocenters. The quantitative estimate of drug-likeness (QED) is 0.439. The second-order valence-electron chi connectivity index (χ2n) is 6.14. The van der Waals surface area contributed by atoms with Crippen LogP contribution in [0, 0.1) is 0 Å². The minimum absolute atomic E-state index is 0.116. The number of aromatic nitrogens is 4. The molecule has 1 unspecified atom stereocenters. The molecule has 0 aliphatic rings. The van der Waals surface area contributed by atoms with Gasteiger partial charge in [-0.25, -0.2) is 4.98 Å². The molecule has 3 aromatic heterocycles. The topological polar surface area (TPSA) is 98.6 Å². The number of aliphatic hydroxyl groups excluding tert-OH is 1. The zero-order valence-electron chi connectivity index (χ0n) is 14.7. The van der Waals surface area contributed by atoms with Gasteiger partial charge in [-0.15, -0.1) is 10.2 Å². The van der Waals surface area contributed by atoms with Crippen molar-refractivity contribution in [2.75, 3.05) is 13.2 Å². The van der Waals surface area contributed by atoms with Crippen LogP contribution in [0.3, 0.4) is 0 Å². The number of pyridine rings is 1. The van der Waals surface area contributed by atoms with Crippen molar-refractivity contribution in [3.8, 4) is 27.0 Å². The molecule has 0 aliphatic heterocycles. The predicted molar refractivity (Wildman–Crippen MR) is 115 cm³/mol. The van der Waals surface area contributed by atoms with Crippen LogP contribution >= 0.6 is 46.1 Å². The summed E-state index contributed by atoms with van der Waals surface area (Å²) < 4.78 is 7.35. The summed E-state index contributed by atoms with van der Waals surface area (Å²) in [5.74, 6) is 0.379. The Kier molecular flexibility index (Phi) is 5.91. The smallest absolute Gasteiger partial charge is 0.168 e. The lowest BCUT2D eigenvalue weighted by Gasteiger charge is -2.13. The van der Waals surface area contributed by atoms with E-state index < -0.39 is 6.04 Å². The lowest BCUT2D eigenvalue weighted by atomic mass is 10.2. The number of nitrogens with two attached hydrogens (primary N) is 1. The van der Waals surface area contributed by atoms with E-state index in [1.807, 2.05) is 22.9 Å². The highest BCUT2D eigenvalue weighted by molar-refractivity contribution is 7.18. The van der Waals surface area contributed by atoms with Gasteiger partial charge in [0.2, 0.25) is 0 Å². The maximum atomic E-state index is 9.00. The van der Waals surface area contributed by atoms with E-state index in [9.17, 15) is 0 Å². The number of rotatable bonds is 6. The number of aliphatic hydroxyl groups is 1. The highest BCUT2D eigenvalue weighted by atomic mass is 35.5. The molecule has 0 amide bonds. The fourth-order valence-corrected chi connectivity index (χ4v) is 4.13. The Balaban J connectivity index is 1.63. The molecule has 29 heavy (non-hydrogen) atoms. The molecule has 11 heteroatoms. The number of fused-ring (bicyclic) bond motifs is 1. The summed E-state index contributed by atoms with van der Waals surface area (Å²) in [7, 11) is 0. The van der Waals surface area contributed by atoms with Gasteiger partial charge in [-0.2, -0.15) is 0 Å². The van der Waals surface area contributed by atoms with E-state index in [0.717, 1.165) is 0 Å². The third-order valence-corrected chi connectivity index (χ3v) is 5.90. The van der Waals surface area contributed by atoms with E-state index in [1.165, 1.54) is 11.3 Å². The molecule has 150 valence electrons. The first-order chi connectivity index (χ1) is 14.0. The molecule has 0 spiro atoms. The van der Waals surface area contributed by atoms with Crippen molar-refractivity contribution in [3.05, 3.63) is 51.7 Å². The van der Waals surface area contributed by atoms with Gasteiger partial charge < -0.3 is 20.0 Å². The fraction of sp³-hybridized carbons (Fsp3) is 0.167. The zero-order chi connectivity index (χ0) is 20.5. The van der Waals surface area contributed by atoms with Crippen molar-refractivity contribution in [3.63, 3.8) is 0 Å². The van der Waals surface area contributed by atoms with Crippen molar-refractivity contribution < 1.29 is 9.84 Å². The molecule has 3 heterocycles. The van der Waals surface area contributed by atoms with Crippen LogP contribution in [0.2, 0.25) is 15.1 Å². The van der Waals surface area contributed by atoms with E-state index in [1.54, 1.807) is 18.2 Å². The molecule has 0 saturated heterocycles. The average Bonchev–Trinajstić information content (AvgIpc) is 3.35. The molecule has 0 saturated carbocycles. The number of benzene rings is 1. The maximum Gasteiger partial charge on any atom is 0.168 e. The van der Waals surface area contributed by atoms with Crippen LogP contribution in [0.25, 0.3) is 26.9 Å². The molecule has 0 radical (unpaired) electrons. The molecule has 0 fully saturated rings. The molecule has 4 rings (SSSR count). The van der Waals surface area contributed by atoms with Gasteiger partial charge in [0, 0.05) is 24.0 Å². The Bertz CT molecular complexity index is 1180. The first kappa shape index (κ1) is 20.3. The van der Waals surface area contributed by atoms with Gasteiger partial charge in [0.25, 0.3) is 0 Å². The number of hydrogen-bond donors (Lipinski definition) is 2. The molecule has 0 aliphatic carbocycles. The fourth-order valence-electron chi connectivity index (χ4n) is 2.57. The van der Waals surface area contributed by atoms with Crippen LogP contribution in [0.5, 0.6) is 5.75 Å². The summed E-state index contributed by atoms with van der Waals surface area (Å²) in [6.45, 7) is -0.0729. The minimum Gasteiger partial charge on any atom is -0.490 e. The number of hydrogen-bond acceptors (Lipinski definition) is 7. The molecule has 3 N–H and O–H groups in total.